The molecule has 0 bridgehead atoms. The highest BCUT2D eigenvalue weighted by molar-refractivity contribution is 5.34. The topological polar surface area (TPSA) is 53.6 Å². The Balaban J connectivity index is 1.96. The van der Waals surface area contributed by atoms with E-state index in [9.17, 15) is 0 Å². The second-order valence-electron chi connectivity index (χ2n) is 4.75. The van der Waals surface area contributed by atoms with Crippen molar-refractivity contribution >= 4 is 0 Å². The van der Waals surface area contributed by atoms with Crippen molar-refractivity contribution in [3.8, 4) is 6.07 Å². The van der Waals surface area contributed by atoms with Crippen LogP contribution < -0.4 is 5.32 Å². The molecule has 0 aliphatic carbocycles. The van der Waals surface area contributed by atoms with Gasteiger partial charge in [-0.1, -0.05) is 12.1 Å². The van der Waals surface area contributed by atoms with Crippen LogP contribution in [0.4, 0.5) is 0 Å². The minimum absolute atomic E-state index is 0.207. The van der Waals surface area contributed by atoms with E-state index in [0.29, 0.717) is 11.6 Å². The number of nitrogens with zero attached hydrogens (tertiary/aromatic N) is 3. The van der Waals surface area contributed by atoms with Crippen molar-refractivity contribution in [2.45, 2.75) is 32.5 Å². The SMILES string of the molecule is CC(Cn1cccn1)NC(C)c1cccc(C#N)c1. The molecule has 0 saturated heterocycles. The summed E-state index contributed by atoms with van der Waals surface area (Å²) >= 11 is 0. The van der Waals surface area contributed by atoms with Crippen molar-refractivity contribution < 1.29 is 0 Å². The zero-order valence-corrected chi connectivity index (χ0v) is 11.2. The van der Waals surface area contributed by atoms with E-state index < -0.39 is 0 Å². The van der Waals surface area contributed by atoms with Gasteiger partial charge in [0.15, 0.2) is 0 Å². The molecule has 0 radical (unpaired) electrons. The zero-order valence-electron chi connectivity index (χ0n) is 11.2. The molecule has 0 fully saturated rings. The first kappa shape index (κ1) is 13.3. The highest BCUT2D eigenvalue weighted by Gasteiger charge is 2.10. The molecule has 2 atom stereocenters. The fourth-order valence-corrected chi connectivity index (χ4v) is 2.14. The number of hydrogen-bond donors (Lipinski definition) is 1. The Kier molecular flexibility index (Phi) is 4.32. The Morgan fingerprint density at radius 3 is 2.89 bits per heavy atom. The second kappa shape index (κ2) is 6.17. The molecule has 2 unspecified atom stereocenters. The Hall–Kier alpha value is -2.12. The third kappa shape index (κ3) is 3.67. The highest BCUT2D eigenvalue weighted by Crippen LogP contribution is 2.14. The van der Waals surface area contributed by atoms with Gasteiger partial charge < -0.3 is 5.32 Å². The molecule has 1 aromatic carbocycles. The van der Waals surface area contributed by atoms with Crippen molar-refractivity contribution in [1.82, 2.24) is 15.1 Å². The van der Waals surface area contributed by atoms with Crippen LogP contribution in [0.3, 0.4) is 0 Å². The quantitative estimate of drug-likeness (QED) is 0.892. The summed E-state index contributed by atoms with van der Waals surface area (Å²) < 4.78 is 1.91. The third-order valence-corrected chi connectivity index (χ3v) is 3.07. The van der Waals surface area contributed by atoms with Gasteiger partial charge in [0.1, 0.15) is 0 Å². The lowest BCUT2D eigenvalue weighted by Crippen LogP contribution is -2.32. The molecule has 1 aromatic heterocycles. The molecule has 4 nitrogen and oxygen atoms in total. The molecule has 1 heterocycles. The fourth-order valence-electron chi connectivity index (χ4n) is 2.14. The monoisotopic (exact) mass is 254 g/mol. The maximum Gasteiger partial charge on any atom is 0.0991 e. The summed E-state index contributed by atoms with van der Waals surface area (Å²) in [6.07, 6.45) is 3.74. The lowest BCUT2D eigenvalue weighted by molar-refractivity contribution is 0.413. The molecule has 0 aliphatic heterocycles. The number of nitrogens with one attached hydrogen (secondary N) is 1. The van der Waals surface area contributed by atoms with Crippen molar-refractivity contribution in [2.75, 3.05) is 0 Å². The minimum Gasteiger partial charge on any atom is -0.306 e. The van der Waals surface area contributed by atoms with Gasteiger partial charge in [-0.2, -0.15) is 10.4 Å². The predicted molar refractivity (Wildman–Crippen MR) is 74.4 cm³/mol. The fraction of sp³-hybridized carbons (Fsp3) is 0.333. The number of aromatic nitrogens is 2. The number of hydrogen-bond acceptors (Lipinski definition) is 3. The molecule has 0 aliphatic rings. The molecule has 0 amide bonds. The van der Waals surface area contributed by atoms with Crippen molar-refractivity contribution in [2.24, 2.45) is 0 Å². The minimum atomic E-state index is 0.207. The maximum atomic E-state index is 8.91. The summed E-state index contributed by atoms with van der Waals surface area (Å²) in [4.78, 5) is 0. The zero-order chi connectivity index (χ0) is 13.7. The summed E-state index contributed by atoms with van der Waals surface area (Å²) in [5, 5.41) is 16.6. The summed E-state index contributed by atoms with van der Waals surface area (Å²) in [5.41, 5.74) is 1.83. The Morgan fingerprint density at radius 2 is 2.21 bits per heavy atom. The normalized spacial score (nSPS) is 13.7. The van der Waals surface area contributed by atoms with Crippen LogP contribution in [0.5, 0.6) is 0 Å². The molecule has 2 aromatic rings. The van der Waals surface area contributed by atoms with Crippen molar-refractivity contribution in [3.63, 3.8) is 0 Å². The van der Waals surface area contributed by atoms with E-state index in [4.69, 9.17) is 5.26 Å². The van der Waals surface area contributed by atoms with Gasteiger partial charge in [0.25, 0.3) is 0 Å². The largest absolute Gasteiger partial charge is 0.306 e. The van der Waals surface area contributed by atoms with Crippen molar-refractivity contribution in [1.29, 1.82) is 5.26 Å². The van der Waals surface area contributed by atoms with E-state index in [-0.39, 0.29) is 6.04 Å². The van der Waals surface area contributed by atoms with Gasteiger partial charge in [-0.3, -0.25) is 4.68 Å². The molecule has 4 heteroatoms. The van der Waals surface area contributed by atoms with E-state index in [1.165, 1.54) is 0 Å². The Bertz CT molecular complexity index is 554. The van der Waals surface area contributed by atoms with Crippen LogP contribution in [-0.2, 0) is 6.54 Å². The van der Waals surface area contributed by atoms with E-state index >= 15 is 0 Å². The lowest BCUT2D eigenvalue weighted by Gasteiger charge is -2.20. The summed E-state index contributed by atoms with van der Waals surface area (Å²) in [6.45, 7) is 5.07. The Labute approximate surface area is 113 Å². The smallest absolute Gasteiger partial charge is 0.0991 e. The van der Waals surface area contributed by atoms with Crippen LogP contribution in [0.2, 0.25) is 0 Å². The molecule has 2 rings (SSSR count). The van der Waals surface area contributed by atoms with Crippen LogP contribution >= 0.6 is 0 Å². The first-order chi connectivity index (χ1) is 9.19. The van der Waals surface area contributed by atoms with Crippen molar-refractivity contribution in [3.05, 3.63) is 53.9 Å². The predicted octanol–water partition coefficient (Wildman–Crippen LogP) is 2.49. The molecule has 98 valence electrons. The molecule has 0 saturated carbocycles. The van der Waals surface area contributed by atoms with Gasteiger partial charge in [0, 0.05) is 24.5 Å². The first-order valence-electron chi connectivity index (χ1n) is 6.42. The van der Waals surface area contributed by atoms with Crippen LogP contribution in [0, 0.1) is 11.3 Å². The van der Waals surface area contributed by atoms with E-state index in [1.807, 2.05) is 41.2 Å². The number of rotatable bonds is 5. The summed E-state index contributed by atoms with van der Waals surface area (Å²) in [6, 6.07) is 12.3. The van der Waals surface area contributed by atoms with Gasteiger partial charge in [0.05, 0.1) is 18.2 Å². The molecular weight excluding hydrogens is 236 g/mol. The Morgan fingerprint density at radius 1 is 1.37 bits per heavy atom. The third-order valence-electron chi connectivity index (χ3n) is 3.07. The number of nitriles is 1. The molecule has 19 heavy (non-hydrogen) atoms. The van der Waals surface area contributed by atoms with Gasteiger partial charge >= 0.3 is 0 Å². The van der Waals surface area contributed by atoms with Gasteiger partial charge in [-0.15, -0.1) is 0 Å². The molecular formula is C15H18N4. The number of benzene rings is 1. The summed E-state index contributed by atoms with van der Waals surface area (Å²) in [7, 11) is 0. The highest BCUT2D eigenvalue weighted by atomic mass is 15.3. The van der Waals surface area contributed by atoms with E-state index in [2.05, 4.69) is 30.3 Å². The average Bonchev–Trinajstić information content (AvgIpc) is 2.91. The first-order valence-corrected chi connectivity index (χ1v) is 6.42. The average molecular weight is 254 g/mol. The maximum absolute atomic E-state index is 8.91. The molecule has 1 N–H and O–H groups in total. The van der Waals surface area contributed by atoms with E-state index in [1.54, 1.807) is 6.20 Å². The van der Waals surface area contributed by atoms with Crippen LogP contribution in [-0.4, -0.2) is 15.8 Å². The second-order valence-corrected chi connectivity index (χ2v) is 4.75. The van der Waals surface area contributed by atoms with Crippen LogP contribution in [0.25, 0.3) is 0 Å². The van der Waals surface area contributed by atoms with Gasteiger partial charge in [-0.25, -0.2) is 0 Å². The van der Waals surface area contributed by atoms with Gasteiger partial charge in [0.2, 0.25) is 0 Å². The summed E-state index contributed by atoms with van der Waals surface area (Å²) in [5.74, 6) is 0. The van der Waals surface area contributed by atoms with Crippen LogP contribution in [0.1, 0.15) is 31.0 Å². The van der Waals surface area contributed by atoms with E-state index in [0.717, 1.165) is 12.1 Å². The van der Waals surface area contributed by atoms with Gasteiger partial charge in [-0.05, 0) is 37.6 Å². The molecule has 0 spiro atoms. The lowest BCUT2D eigenvalue weighted by atomic mass is 10.0. The van der Waals surface area contributed by atoms with Crippen LogP contribution in [0.15, 0.2) is 42.7 Å². The standard InChI is InChI=1S/C15H18N4/c1-12(11-19-8-4-7-17-19)18-13(2)15-6-3-5-14(9-15)10-16/h3-9,12-13,18H,11H2,1-2H3.